The minimum Gasteiger partial charge on any atom is -0.493 e. The zero-order valence-electron chi connectivity index (χ0n) is 23.3. The van der Waals surface area contributed by atoms with E-state index in [1.165, 1.54) is 12.3 Å². The Hall–Kier alpha value is -3.77. The average Bonchev–Trinajstić information content (AvgIpc) is 3.59. The Morgan fingerprint density at radius 3 is 2.80 bits per heavy atom. The Kier molecular flexibility index (Phi) is 10.3. The Labute approximate surface area is 233 Å². The molecule has 1 aliphatic heterocycles. The Morgan fingerprint density at radius 1 is 1.20 bits per heavy atom. The summed E-state index contributed by atoms with van der Waals surface area (Å²) in [6.45, 7) is 6.49. The van der Waals surface area contributed by atoms with E-state index < -0.39 is 17.8 Å². The third kappa shape index (κ3) is 8.12. The van der Waals surface area contributed by atoms with Crippen LogP contribution in [0.15, 0.2) is 45.5 Å². The molecule has 0 aliphatic carbocycles. The molecule has 4 rings (SSSR count). The van der Waals surface area contributed by atoms with Crippen LogP contribution in [0.3, 0.4) is 0 Å². The van der Waals surface area contributed by atoms with Crippen molar-refractivity contribution in [2.75, 3.05) is 60.0 Å². The number of nitrogens with one attached hydrogen (secondary N) is 1. The topological polar surface area (TPSA) is 117 Å². The number of ether oxygens (including phenoxy) is 1. The first-order valence-corrected chi connectivity index (χ1v) is 13.6. The maximum atomic E-state index is 14.7. The van der Waals surface area contributed by atoms with Gasteiger partial charge in [0.05, 0.1) is 18.4 Å². The molecule has 0 spiro atoms. The zero-order valence-corrected chi connectivity index (χ0v) is 23.3. The lowest BCUT2D eigenvalue weighted by molar-refractivity contribution is -0.132. The molecule has 2 aromatic heterocycles. The van der Waals surface area contributed by atoms with E-state index in [1.807, 2.05) is 19.0 Å². The molecular formula is C28H37FN6O5. The molecule has 1 aliphatic rings. The summed E-state index contributed by atoms with van der Waals surface area (Å²) < 4.78 is 30.8. The minimum absolute atomic E-state index is 0.110. The van der Waals surface area contributed by atoms with Gasteiger partial charge in [0.25, 0.3) is 5.91 Å². The van der Waals surface area contributed by atoms with Gasteiger partial charge in [0.15, 0.2) is 5.76 Å². The second-order valence-corrected chi connectivity index (χ2v) is 10.1. The van der Waals surface area contributed by atoms with E-state index in [4.69, 9.17) is 13.7 Å². The fraction of sp³-hybridized carbons (Fsp3) is 0.500. The van der Waals surface area contributed by atoms with Gasteiger partial charge in [0, 0.05) is 45.2 Å². The van der Waals surface area contributed by atoms with Gasteiger partial charge in [-0.3, -0.25) is 9.59 Å². The molecule has 1 aromatic carbocycles. The minimum atomic E-state index is -0.644. The van der Waals surface area contributed by atoms with Gasteiger partial charge >= 0.3 is 0 Å². The van der Waals surface area contributed by atoms with Crippen LogP contribution in [-0.4, -0.2) is 103 Å². The number of hydrogen-bond donors (Lipinski definition) is 1. The lowest BCUT2D eigenvalue weighted by atomic mass is 10.2. The number of amides is 2. The summed E-state index contributed by atoms with van der Waals surface area (Å²) in [5, 5.41) is 6.60. The van der Waals surface area contributed by atoms with Crippen molar-refractivity contribution in [2.24, 2.45) is 0 Å². The molecule has 3 aromatic rings. The van der Waals surface area contributed by atoms with Crippen LogP contribution >= 0.6 is 0 Å². The van der Waals surface area contributed by atoms with Gasteiger partial charge < -0.3 is 33.7 Å². The number of aromatic nitrogens is 2. The summed E-state index contributed by atoms with van der Waals surface area (Å²) in [6.07, 6.45) is 3.61. The van der Waals surface area contributed by atoms with Crippen LogP contribution in [-0.2, 0) is 11.2 Å². The zero-order chi connectivity index (χ0) is 28.5. The van der Waals surface area contributed by atoms with Gasteiger partial charge in [-0.2, -0.15) is 4.98 Å². The molecule has 0 bridgehead atoms. The van der Waals surface area contributed by atoms with Crippen molar-refractivity contribution in [2.45, 2.75) is 32.2 Å². The second kappa shape index (κ2) is 14.0. The van der Waals surface area contributed by atoms with Gasteiger partial charge in [-0.25, -0.2) is 4.39 Å². The standard InChI is InChI=1S/C28H37FN6O5/c1-20(30-27(36)24-7-4-17-39-24)28(37)35-13-5-11-34(15-16-35)12-6-18-38-21-8-9-22(23(29)19-21)26-31-25(40-32-26)10-14-33(2)3/h4,7-9,17,19-20H,5-6,10-16,18H2,1-3H3,(H,30,36)/t20-/m0/s1. The molecule has 0 saturated carbocycles. The molecule has 12 heteroatoms. The lowest BCUT2D eigenvalue weighted by Gasteiger charge is -2.25. The normalized spacial score (nSPS) is 15.2. The van der Waals surface area contributed by atoms with Gasteiger partial charge in [-0.15, -0.1) is 0 Å². The number of hydrogen-bond acceptors (Lipinski definition) is 9. The smallest absolute Gasteiger partial charge is 0.287 e. The quantitative estimate of drug-likeness (QED) is 0.336. The number of benzene rings is 1. The van der Waals surface area contributed by atoms with Crippen LogP contribution in [0.25, 0.3) is 11.4 Å². The summed E-state index contributed by atoms with van der Waals surface area (Å²) in [5.74, 6) is 0.327. The predicted octanol–water partition coefficient (Wildman–Crippen LogP) is 2.69. The van der Waals surface area contributed by atoms with E-state index in [0.29, 0.717) is 37.8 Å². The number of nitrogens with zero attached hydrogens (tertiary/aromatic N) is 5. The number of likely N-dealkylation sites (N-methyl/N-ethyl adjacent to an activating group) is 1. The number of carbonyl (C=O) groups is 2. The molecule has 1 N–H and O–H groups in total. The first-order chi connectivity index (χ1) is 19.3. The molecule has 216 valence electrons. The molecule has 1 atom stereocenters. The SMILES string of the molecule is C[C@H](NC(=O)c1ccco1)C(=O)N1CCCN(CCCOc2ccc(-c3noc(CCN(C)C)n3)c(F)c2)CC1. The lowest BCUT2D eigenvalue weighted by Crippen LogP contribution is -2.48. The van der Waals surface area contributed by atoms with Crippen molar-refractivity contribution in [1.82, 2.24) is 30.2 Å². The molecular weight excluding hydrogens is 519 g/mol. The van der Waals surface area contributed by atoms with Crippen LogP contribution in [0.2, 0.25) is 0 Å². The van der Waals surface area contributed by atoms with Crippen LogP contribution in [0.4, 0.5) is 4.39 Å². The van der Waals surface area contributed by atoms with Gasteiger partial charge in [0.2, 0.25) is 17.6 Å². The summed E-state index contributed by atoms with van der Waals surface area (Å²) in [7, 11) is 3.91. The molecule has 3 heterocycles. The number of halogens is 1. The summed E-state index contributed by atoms with van der Waals surface area (Å²) in [4.78, 5) is 35.4. The Bertz CT molecular complexity index is 1250. The van der Waals surface area contributed by atoms with Crippen molar-refractivity contribution >= 4 is 11.8 Å². The van der Waals surface area contributed by atoms with Crippen molar-refractivity contribution in [3.63, 3.8) is 0 Å². The van der Waals surface area contributed by atoms with Crippen LogP contribution in [0, 0.1) is 5.82 Å². The van der Waals surface area contributed by atoms with Crippen molar-refractivity contribution in [3.8, 4) is 17.1 Å². The second-order valence-electron chi connectivity index (χ2n) is 10.1. The van der Waals surface area contributed by atoms with E-state index >= 15 is 0 Å². The number of carbonyl (C=O) groups excluding carboxylic acids is 2. The molecule has 2 amide bonds. The summed E-state index contributed by atoms with van der Waals surface area (Å²) in [5.41, 5.74) is 0.269. The van der Waals surface area contributed by atoms with Crippen molar-refractivity contribution < 1.29 is 27.7 Å². The molecule has 0 unspecified atom stereocenters. The molecule has 1 fully saturated rings. The monoisotopic (exact) mass is 556 g/mol. The Morgan fingerprint density at radius 2 is 2.05 bits per heavy atom. The molecule has 0 radical (unpaired) electrons. The van der Waals surface area contributed by atoms with E-state index in [9.17, 15) is 14.0 Å². The fourth-order valence-electron chi connectivity index (χ4n) is 4.46. The third-order valence-electron chi connectivity index (χ3n) is 6.67. The Balaban J connectivity index is 1.18. The first kappa shape index (κ1) is 29.2. The van der Waals surface area contributed by atoms with Crippen molar-refractivity contribution in [3.05, 3.63) is 54.1 Å². The van der Waals surface area contributed by atoms with Gasteiger partial charge in [-0.05, 0) is 64.7 Å². The van der Waals surface area contributed by atoms with Crippen molar-refractivity contribution in [1.29, 1.82) is 0 Å². The van der Waals surface area contributed by atoms with E-state index in [-0.39, 0.29) is 23.1 Å². The van der Waals surface area contributed by atoms with Crippen LogP contribution in [0.5, 0.6) is 5.75 Å². The maximum Gasteiger partial charge on any atom is 0.287 e. The van der Waals surface area contributed by atoms with Gasteiger partial charge in [0.1, 0.15) is 17.6 Å². The maximum absolute atomic E-state index is 14.7. The molecule has 40 heavy (non-hydrogen) atoms. The third-order valence-corrected chi connectivity index (χ3v) is 6.67. The highest BCUT2D eigenvalue weighted by molar-refractivity contribution is 5.95. The van der Waals surface area contributed by atoms with E-state index in [1.54, 1.807) is 36.1 Å². The van der Waals surface area contributed by atoms with Crippen LogP contribution < -0.4 is 10.1 Å². The average molecular weight is 557 g/mol. The van der Waals surface area contributed by atoms with Gasteiger partial charge in [-0.1, -0.05) is 5.16 Å². The number of furan rings is 1. The highest BCUT2D eigenvalue weighted by Crippen LogP contribution is 2.24. The van der Waals surface area contributed by atoms with E-state index in [0.717, 1.165) is 39.0 Å². The largest absolute Gasteiger partial charge is 0.493 e. The highest BCUT2D eigenvalue weighted by Gasteiger charge is 2.25. The molecule has 11 nitrogen and oxygen atoms in total. The summed E-state index contributed by atoms with van der Waals surface area (Å²) in [6, 6.07) is 7.19. The van der Waals surface area contributed by atoms with E-state index in [2.05, 4.69) is 20.4 Å². The highest BCUT2D eigenvalue weighted by atomic mass is 19.1. The summed E-state index contributed by atoms with van der Waals surface area (Å²) >= 11 is 0. The fourth-order valence-corrected chi connectivity index (χ4v) is 4.46. The first-order valence-electron chi connectivity index (χ1n) is 13.6. The van der Waals surface area contributed by atoms with Crippen LogP contribution in [0.1, 0.15) is 36.2 Å². The number of rotatable bonds is 12. The molecule has 1 saturated heterocycles. The predicted molar refractivity (Wildman–Crippen MR) is 145 cm³/mol.